The summed E-state index contributed by atoms with van der Waals surface area (Å²) in [7, 11) is 1.34. The number of rotatable bonds is 7. The SMILES string of the molecule is COC(=O)CC(Cc1ccccc1)NC(=O)NCc1ccccc1. The molecule has 24 heavy (non-hydrogen) atoms. The largest absolute Gasteiger partial charge is 0.469 e. The van der Waals surface area contributed by atoms with Crippen molar-refractivity contribution in [3.8, 4) is 0 Å². The minimum Gasteiger partial charge on any atom is -0.469 e. The zero-order valence-electron chi connectivity index (χ0n) is 13.7. The normalized spacial score (nSPS) is 11.4. The average Bonchev–Trinajstić information content (AvgIpc) is 2.61. The molecule has 0 aromatic heterocycles. The number of nitrogens with one attached hydrogen (secondary N) is 2. The fourth-order valence-electron chi connectivity index (χ4n) is 2.37. The summed E-state index contributed by atoms with van der Waals surface area (Å²) >= 11 is 0. The van der Waals surface area contributed by atoms with Gasteiger partial charge < -0.3 is 15.4 Å². The van der Waals surface area contributed by atoms with E-state index < -0.39 is 0 Å². The quantitative estimate of drug-likeness (QED) is 0.769. The zero-order chi connectivity index (χ0) is 17.2. The third-order valence-electron chi connectivity index (χ3n) is 3.60. The molecule has 2 aromatic carbocycles. The van der Waals surface area contributed by atoms with Crippen LogP contribution in [0.4, 0.5) is 4.79 Å². The van der Waals surface area contributed by atoms with Gasteiger partial charge in [0.15, 0.2) is 0 Å². The van der Waals surface area contributed by atoms with Crippen molar-refractivity contribution in [2.45, 2.75) is 25.4 Å². The van der Waals surface area contributed by atoms with Crippen LogP contribution in [0, 0.1) is 0 Å². The third-order valence-corrected chi connectivity index (χ3v) is 3.60. The summed E-state index contributed by atoms with van der Waals surface area (Å²) in [6.07, 6.45) is 0.693. The van der Waals surface area contributed by atoms with E-state index in [2.05, 4.69) is 10.6 Å². The number of urea groups is 1. The second kappa shape index (κ2) is 9.35. The number of hydrogen-bond acceptors (Lipinski definition) is 3. The number of ether oxygens (including phenoxy) is 1. The smallest absolute Gasteiger partial charge is 0.315 e. The van der Waals surface area contributed by atoms with Crippen molar-refractivity contribution in [1.29, 1.82) is 0 Å². The Labute approximate surface area is 142 Å². The first-order valence-electron chi connectivity index (χ1n) is 7.86. The van der Waals surface area contributed by atoms with E-state index in [1.54, 1.807) is 0 Å². The number of hydrogen-bond donors (Lipinski definition) is 2. The average molecular weight is 326 g/mol. The summed E-state index contributed by atoms with van der Waals surface area (Å²) < 4.78 is 4.72. The molecule has 0 spiro atoms. The number of benzene rings is 2. The predicted octanol–water partition coefficient (Wildman–Crippen LogP) is 2.66. The Morgan fingerprint density at radius 1 is 0.958 bits per heavy atom. The van der Waals surface area contributed by atoms with E-state index in [1.807, 2.05) is 60.7 Å². The predicted molar refractivity (Wildman–Crippen MR) is 92.4 cm³/mol. The van der Waals surface area contributed by atoms with Crippen LogP contribution in [-0.4, -0.2) is 25.2 Å². The molecule has 2 rings (SSSR count). The number of methoxy groups -OCH3 is 1. The van der Waals surface area contributed by atoms with Crippen molar-refractivity contribution in [2.75, 3.05) is 7.11 Å². The number of esters is 1. The first-order chi connectivity index (χ1) is 11.7. The number of carbonyl (C=O) groups is 2. The van der Waals surface area contributed by atoms with Crippen LogP contribution in [0.3, 0.4) is 0 Å². The summed E-state index contributed by atoms with van der Waals surface area (Å²) in [5.74, 6) is -0.348. The second-order valence-corrected chi connectivity index (χ2v) is 5.48. The molecule has 0 aliphatic rings. The highest BCUT2D eigenvalue weighted by Crippen LogP contribution is 2.07. The highest BCUT2D eigenvalue weighted by atomic mass is 16.5. The standard InChI is InChI=1S/C19H22N2O3/c1-24-18(22)13-17(12-15-8-4-2-5-9-15)21-19(23)20-14-16-10-6-3-7-11-16/h2-11,17H,12-14H2,1H3,(H2,20,21,23). The van der Waals surface area contributed by atoms with Crippen molar-refractivity contribution in [1.82, 2.24) is 10.6 Å². The summed E-state index contributed by atoms with van der Waals surface area (Å²) in [6.45, 7) is 0.433. The Hall–Kier alpha value is -2.82. The Balaban J connectivity index is 1.91. The molecule has 0 saturated carbocycles. The van der Waals surface area contributed by atoms with E-state index in [0.29, 0.717) is 13.0 Å². The van der Waals surface area contributed by atoms with Gasteiger partial charge in [-0.1, -0.05) is 60.7 Å². The van der Waals surface area contributed by atoms with E-state index in [0.717, 1.165) is 11.1 Å². The van der Waals surface area contributed by atoms with Gasteiger partial charge in [-0.15, -0.1) is 0 Å². The van der Waals surface area contributed by atoms with Crippen LogP contribution in [0.15, 0.2) is 60.7 Å². The molecule has 0 aliphatic carbocycles. The maximum Gasteiger partial charge on any atom is 0.315 e. The molecule has 2 amide bonds. The Bertz CT molecular complexity index is 644. The molecule has 2 N–H and O–H groups in total. The minimum atomic E-state index is -0.348. The first kappa shape index (κ1) is 17.5. The van der Waals surface area contributed by atoms with Gasteiger partial charge in [0.05, 0.1) is 13.5 Å². The number of carbonyl (C=O) groups excluding carboxylic acids is 2. The molecule has 126 valence electrons. The van der Waals surface area contributed by atoms with Gasteiger partial charge in [0.2, 0.25) is 0 Å². The van der Waals surface area contributed by atoms with Crippen molar-refractivity contribution in [2.24, 2.45) is 0 Å². The van der Waals surface area contributed by atoms with Gasteiger partial charge in [-0.25, -0.2) is 4.79 Å². The molecule has 0 radical (unpaired) electrons. The molecular weight excluding hydrogens is 304 g/mol. The van der Waals surface area contributed by atoms with Gasteiger partial charge in [0.1, 0.15) is 0 Å². The molecule has 0 fully saturated rings. The van der Waals surface area contributed by atoms with Crippen molar-refractivity contribution < 1.29 is 14.3 Å². The molecule has 0 bridgehead atoms. The summed E-state index contributed by atoms with van der Waals surface area (Å²) in [5.41, 5.74) is 2.06. The van der Waals surface area contributed by atoms with Crippen LogP contribution in [-0.2, 0) is 22.5 Å². The zero-order valence-corrected chi connectivity index (χ0v) is 13.7. The highest BCUT2D eigenvalue weighted by Gasteiger charge is 2.17. The lowest BCUT2D eigenvalue weighted by molar-refractivity contribution is -0.141. The lowest BCUT2D eigenvalue weighted by Crippen LogP contribution is -2.44. The van der Waals surface area contributed by atoms with Crippen molar-refractivity contribution >= 4 is 12.0 Å². The van der Waals surface area contributed by atoms with Crippen molar-refractivity contribution in [3.05, 3.63) is 71.8 Å². The summed E-state index contributed by atoms with van der Waals surface area (Å²) in [4.78, 5) is 23.7. The molecule has 0 aliphatic heterocycles. The molecule has 5 heteroatoms. The monoisotopic (exact) mass is 326 g/mol. The molecule has 2 aromatic rings. The van der Waals surface area contributed by atoms with E-state index in [1.165, 1.54) is 7.11 Å². The fourth-order valence-corrected chi connectivity index (χ4v) is 2.37. The van der Waals surface area contributed by atoms with Gasteiger partial charge in [0, 0.05) is 12.6 Å². The van der Waals surface area contributed by atoms with Crippen LogP contribution in [0.2, 0.25) is 0 Å². The van der Waals surface area contributed by atoms with E-state index >= 15 is 0 Å². The summed E-state index contributed by atoms with van der Waals surface area (Å²) in [6, 6.07) is 18.7. The second-order valence-electron chi connectivity index (χ2n) is 5.48. The van der Waals surface area contributed by atoms with Gasteiger partial charge in [-0.2, -0.15) is 0 Å². The maximum absolute atomic E-state index is 12.1. The van der Waals surface area contributed by atoms with Crippen LogP contribution in [0.1, 0.15) is 17.5 Å². The van der Waals surface area contributed by atoms with E-state index in [9.17, 15) is 9.59 Å². The Kier molecular flexibility index (Phi) is 6.83. The maximum atomic E-state index is 12.1. The molecular formula is C19H22N2O3. The number of amides is 2. The van der Waals surface area contributed by atoms with Gasteiger partial charge >= 0.3 is 12.0 Å². The van der Waals surface area contributed by atoms with Crippen LogP contribution in [0.5, 0.6) is 0 Å². The van der Waals surface area contributed by atoms with Gasteiger partial charge in [0.25, 0.3) is 0 Å². The van der Waals surface area contributed by atoms with Crippen LogP contribution >= 0.6 is 0 Å². The molecule has 1 unspecified atom stereocenters. The minimum absolute atomic E-state index is 0.129. The van der Waals surface area contributed by atoms with Gasteiger partial charge in [-0.3, -0.25) is 4.79 Å². The van der Waals surface area contributed by atoms with Crippen LogP contribution < -0.4 is 10.6 Å². The Morgan fingerprint density at radius 2 is 1.54 bits per heavy atom. The molecule has 0 saturated heterocycles. The fraction of sp³-hybridized carbons (Fsp3) is 0.263. The lowest BCUT2D eigenvalue weighted by atomic mass is 10.0. The van der Waals surface area contributed by atoms with Gasteiger partial charge in [-0.05, 0) is 17.5 Å². The third kappa shape index (κ3) is 6.12. The topological polar surface area (TPSA) is 67.4 Å². The molecule has 0 heterocycles. The first-order valence-corrected chi connectivity index (χ1v) is 7.86. The van der Waals surface area contributed by atoms with E-state index in [4.69, 9.17) is 4.74 Å². The Morgan fingerprint density at radius 3 is 2.12 bits per heavy atom. The molecule has 5 nitrogen and oxygen atoms in total. The lowest BCUT2D eigenvalue weighted by Gasteiger charge is -2.18. The van der Waals surface area contributed by atoms with Crippen molar-refractivity contribution in [3.63, 3.8) is 0 Å². The van der Waals surface area contributed by atoms with E-state index in [-0.39, 0.29) is 24.5 Å². The van der Waals surface area contributed by atoms with Crippen LogP contribution in [0.25, 0.3) is 0 Å². The highest BCUT2D eigenvalue weighted by molar-refractivity contribution is 5.76. The summed E-state index contributed by atoms with van der Waals surface area (Å²) in [5, 5.41) is 5.65. The molecule has 1 atom stereocenters.